The van der Waals surface area contributed by atoms with Crippen molar-refractivity contribution in [1.82, 2.24) is 15.0 Å². The molecule has 3 N–H and O–H groups in total. The number of benzene rings is 1. The van der Waals surface area contributed by atoms with Crippen molar-refractivity contribution in [3.63, 3.8) is 0 Å². The number of para-hydroxylation sites is 1. The van der Waals surface area contributed by atoms with Crippen molar-refractivity contribution in [2.75, 3.05) is 12.0 Å². The highest BCUT2D eigenvalue weighted by Gasteiger charge is 2.52. The van der Waals surface area contributed by atoms with Gasteiger partial charge in [-0.05, 0) is 24.4 Å². The van der Waals surface area contributed by atoms with E-state index in [-0.39, 0.29) is 10.5 Å². The first-order chi connectivity index (χ1) is 18.4. The van der Waals surface area contributed by atoms with Gasteiger partial charge in [0.2, 0.25) is 0 Å². The molecule has 1 fully saturated rings. The molecule has 2 heterocycles. The first-order valence-electron chi connectivity index (χ1n) is 11.5. The third kappa shape index (κ3) is 7.38. The van der Waals surface area contributed by atoms with E-state index in [1.54, 1.807) is 18.2 Å². The lowest BCUT2D eigenvalue weighted by Crippen LogP contribution is -2.66. The molecule has 1 saturated heterocycles. The smallest absolute Gasteiger partial charge is 0.348 e. The van der Waals surface area contributed by atoms with E-state index in [1.165, 1.54) is 6.07 Å². The molecule has 15 nitrogen and oxygen atoms in total. The fourth-order valence-electron chi connectivity index (χ4n) is 3.87. The van der Waals surface area contributed by atoms with Crippen LogP contribution in [0, 0.1) is 0 Å². The van der Waals surface area contributed by atoms with Crippen LogP contribution in [0.2, 0.25) is 0 Å². The van der Waals surface area contributed by atoms with Gasteiger partial charge in [-0.2, -0.15) is 4.68 Å². The van der Waals surface area contributed by atoms with E-state index in [1.807, 2.05) is 0 Å². The summed E-state index contributed by atoms with van der Waals surface area (Å²) in [5.41, 5.74) is 1.21. The molecule has 1 aliphatic rings. The summed E-state index contributed by atoms with van der Waals surface area (Å²) in [5, 5.41) is 2.52. The SMILES string of the molecule is CC(=O)OCC1OC(NC(=S)Nn2c(=O)[nH]c3ccccc3c2=O)C(OC(C)=O)C(OC(C)=O)C1OC(C)=O. The van der Waals surface area contributed by atoms with Gasteiger partial charge in [0.25, 0.3) is 5.56 Å². The standard InChI is InChI=1S/C23H26N4O11S/c1-10(28)34-9-16-17(35-11(2)29)18(36-12(3)30)19(37-13(4)31)20(38-16)25-22(39)26-27-21(32)14-7-5-6-8-15(14)24-23(27)33/h5-8,16-20H,9H2,1-4H3,(H,24,33)(H2,25,26,39). The maximum absolute atomic E-state index is 12.8. The highest BCUT2D eigenvalue weighted by atomic mass is 32.1. The highest BCUT2D eigenvalue weighted by Crippen LogP contribution is 2.28. The largest absolute Gasteiger partial charge is 0.463 e. The maximum atomic E-state index is 12.8. The van der Waals surface area contributed by atoms with Crippen molar-refractivity contribution in [2.24, 2.45) is 0 Å². The normalized spacial score (nSPS) is 22.3. The highest BCUT2D eigenvalue weighted by molar-refractivity contribution is 7.80. The van der Waals surface area contributed by atoms with Crippen LogP contribution in [-0.4, -0.2) is 75.9 Å². The molecule has 2 aromatic rings. The zero-order valence-corrected chi connectivity index (χ0v) is 22.1. The maximum Gasteiger partial charge on any atom is 0.348 e. The molecule has 1 aromatic carbocycles. The van der Waals surface area contributed by atoms with Gasteiger partial charge >= 0.3 is 29.6 Å². The topological polar surface area (TPSA) is 193 Å². The Bertz CT molecular complexity index is 1400. The summed E-state index contributed by atoms with van der Waals surface area (Å²) >= 11 is 5.26. The first-order valence-corrected chi connectivity index (χ1v) is 11.9. The molecule has 5 unspecified atom stereocenters. The number of hydrogen-bond acceptors (Lipinski definition) is 12. The van der Waals surface area contributed by atoms with Gasteiger partial charge in [0, 0.05) is 27.7 Å². The molecule has 39 heavy (non-hydrogen) atoms. The summed E-state index contributed by atoms with van der Waals surface area (Å²) in [4.78, 5) is 75.1. The predicted octanol–water partition coefficient (Wildman–Crippen LogP) is -0.809. The van der Waals surface area contributed by atoms with Crippen LogP contribution in [0.25, 0.3) is 10.9 Å². The summed E-state index contributed by atoms with van der Waals surface area (Å²) in [6.45, 7) is 3.96. The molecule has 0 saturated carbocycles. The van der Waals surface area contributed by atoms with Crippen molar-refractivity contribution in [2.45, 2.75) is 58.3 Å². The number of esters is 4. The molecule has 0 spiro atoms. The summed E-state index contributed by atoms with van der Waals surface area (Å²) in [5.74, 6) is -3.08. The van der Waals surface area contributed by atoms with E-state index in [9.17, 15) is 28.8 Å². The summed E-state index contributed by atoms with van der Waals surface area (Å²) in [6, 6.07) is 6.31. The van der Waals surface area contributed by atoms with Crippen LogP contribution in [0.1, 0.15) is 27.7 Å². The van der Waals surface area contributed by atoms with Gasteiger partial charge < -0.3 is 34.0 Å². The number of carbonyl (C=O) groups excluding carboxylic acids is 4. The molecular formula is C23H26N4O11S. The third-order valence-corrected chi connectivity index (χ3v) is 5.49. The molecule has 0 amide bonds. The van der Waals surface area contributed by atoms with Gasteiger partial charge in [-0.25, -0.2) is 4.79 Å². The minimum absolute atomic E-state index is 0.194. The average molecular weight is 567 g/mol. The molecule has 5 atom stereocenters. The minimum Gasteiger partial charge on any atom is -0.463 e. The second-order valence-electron chi connectivity index (χ2n) is 8.32. The molecular weight excluding hydrogens is 540 g/mol. The second kappa shape index (κ2) is 12.5. The fourth-order valence-corrected chi connectivity index (χ4v) is 4.08. The number of ether oxygens (including phenoxy) is 5. The van der Waals surface area contributed by atoms with Crippen molar-refractivity contribution in [3.05, 3.63) is 45.1 Å². The number of nitrogens with zero attached hydrogens (tertiary/aromatic N) is 1. The average Bonchev–Trinajstić information content (AvgIpc) is 2.83. The Morgan fingerprint density at radius 1 is 0.923 bits per heavy atom. The van der Waals surface area contributed by atoms with Gasteiger partial charge in [0.15, 0.2) is 29.7 Å². The van der Waals surface area contributed by atoms with Crippen LogP contribution < -0.4 is 22.0 Å². The third-order valence-electron chi connectivity index (χ3n) is 5.28. The molecule has 210 valence electrons. The Kier molecular flexibility index (Phi) is 9.37. The Morgan fingerprint density at radius 2 is 1.51 bits per heavy atom. The van der Waals surface area contributed by atoms with E-state index < -0.39 is 72.4 Å². The number of carbonyl (C=O) groups is 4. The zero-order valence-electron chi connectivity index (χ0n) is 21.2. The van der Waals surface area contributed by atoms with Crippen molar-refractivity contribution >= 4 is 52.1 Å². The lowest BCUT2D eigenvalue weighted by Gasteiger charge is -2.44. The Morgan fingerprint density at radius 3 is 2.13 bits per heavy atom. The molecule has 0 bridgehead atoms. The zero-order chi connectivity index (χ0) is 28.9. The number of H-pyrrole nitrogens is 1. The number of aromatic nitrogens is 2. The Labute approximate surface area is 225 Å². The first kappa shape index (κ1) is 29.2. The van der Waals surface area contributed by atoms with Crippen LogP contribution in [0.5, 0.6) is 0 Å². The lowest BCUT2D eigenvalue weighted by atomic mass is 9.97. The van der Waals surface area contributed by atoms with E-state index in [0.29, 0.717) is 10.2 Å². The van der Waals surface area contributed by atoms with Gasteiger partial charge in [-0.3, -0.25) is 29.4 Å². The summed E-state index contributed by atoms with van der Waals surface area (Å²) < 4.78 is 27.5. The molecule has 16 heteroatoms. The number of nitrogens with one attached hydrogen (secondary N) is 3. The number of rotatable bonds is 7. The van der Waals surface area contributed by atoms with Crippen LogP contribution in [0.3, 0.4) is 0 Å². The number of thiocarbonyl (C=S) groups is 1. The van der Waals surface area contributed by atoms with Crippen molar-refractivity contribution < 1.29 is 42.9 Å². The number of hydrogen-bond donors (Lipinski definition) is 3. The molecule has 0 radical (unpaired) electrons. The molecule has 0 aliphatic carbocycles. The van der Waals surface area contributed by atoms with Crippen LogP contribution in [-0.2, 0) is 42.9 Å². The quantitative estimate of drug-likeness (QED) is 0.214. The molecule has 1 aromatic heterocycles. The van der Waals surface area contributed by atoms with E-state index in [2.05, 4.69) is 15.7 Å². The van der Waals surface area contributed by atoms with Crippen LogP contribution in [0.4, 0.5) is 0 Å². The predicted molar refractivity (Wildman–Crippen MR) is 136 cm³/mol. The minimum atomic E-state index is -1.45. The second-order valence-corrected chi connectivity index (χ2v) is 8.73. The Hall–Kier alpha value is -4.31. The van der Waals surface area contributed by atoms with Gasteiger partial charge in [-0.15, -0.1) is 0 Å². The van der Waals surface area contributed by atoms with E-state index in [4.69, 9.17) is 35.9 Å². The van der Waals surface area contributed by atoms with E-state index in [0.717, 1.165) is 27.7 Å². The lowest BCUT2D eigenvalue weighted by molar-refractivity contribution is -0.254. The van der Waals surface area contributed by atoms with Crippen LogP contribution >= 0.6 is 12.2 Å². The van der Waals surface area contributed by atoms with Gasteiger partial charge in [0.1, 0.15) is 12.7 Å². The van der Waals surface area contributed by atoms with Crippen molar-refractivity contribution in [1.29, 1.82) is 0 Å². The number of fused-ring (bicyclic) bond motifs is 1. The summed E-state index contributed by atoms with van der Waals surface area (Å²) in [7, 11) is 0. The van der Waals surface area contributed by atoms with Gasteiger partial charge in [-0.1, -0.05) is 12.1 Å². The molecule has 1 aliphatic heterocycles. The van der Waals surface area contributed by atoms with Crippen LogP contribution in [0.15, 0.2) is 33.9 Å². The summed E-state index contributed by atoms with van der Waals surface area (Å²) in [6.07, 6.45) is -6.87. The molecule has 3 rings (SSSR count). The van der Waals surface area contributed by atoms with E-state index >= 15 is 0 Å². The van der Waals surface area contributed by atoms with Crippen molar-refractivity contribution in [3.8, 4) is 0 Å². The van der Waals surface area contributed by atoms with Gasteiger partial charge in [0.05, 0.1) is 10.9 Å². The number of aromatic amines is 1. The Balaban J connectivity index is 1.95. The monoisotopic (exact) mass is 566 g/mol. The fraction of sp³-hybridized carbons (Fsp3) is 0.435.